The molecule has 4 rings (SSSR count). The molecule has 0 aromatic heterocycles. The van der Waals surface area contributed by atoms with Crippen molar-refractivity contribution in [3.8, 4) is 0 Å². The SMILES string of the molecule is CC1CN(/C(=N/[C@@H]2CCCC[C@@H]2C)Nc2ccc(C(CC(N)=O)c3ccc(Cl)cc3Cl)cc2)CC(C)N1. The molecule has 0 radical (unpaired) electrons. The maximum atomic E-state index is 11.9. The van der Waals surface area contributed by atoms with Crippen LogP contribution in [-0.2, 0) is 4.79 Å². The highest BCUT2D eigenvalue weighted by atomic mass is 35.5. The van der Waals surface area contributed by atoms with Crippen LogP contribution in [0, 0.1) is 5.92 Å². The normalized spacial score (nSPS) is 25.5. The summed E-state index contributed by atoms with van der Waals surface area (Å²) in [6, 6.07) is 14.6. The van der Waals surface area contributed by atoms with Gasteiger partial charge in [-0.3, -0.25) is 4.79 Å². The molecule has 37 heavy (non-hydrogen) atoms. The first-order chi connectivity index (χ1) is 17.7. The standard InChI is InChI=1S/C29H39Cl2N5O/c1-18-6-4-5-7-27(18)35-29(36-16-19(2)33-20(3)17-36)34-23-11-8-21(9-12-23)25(15-28(32)37)24-13-10-22(30)14-26(24)31/h8-14,18-20,25,27,33H,4-7,15-17H2,1-3H3,(H2,32,37)(H,34,35)/t18-,19?,20?,25?,27+/m0/s1. The van der Waals surface area contributed by atoms with Gasteiger partial charge in [-0.1, -0.05) is 61.2 Å². The predicted octanol–water partition coefficient (Wildman–Crippen LogP) is 6.03. The summed E-state index contributed by atoms with van der Waals surface area (Å²) in [5.41, 5.74) is 8.37. The van der Waals surface area contributed by atoms with Gasteiger partial charge in [-0.15, -0.1) is 0 Å². The number of anilines is 1. The zero-order chi connectivity index (χ0) is 26.5. The van der Waals surface area contributed by atoms with Crippen LogP contribution in [0.25, 0.3) is 0 Å². The van der Waals surface area contributed by atoms with Crippen LogP contribution >= 0.6 is 23.2 Å². The second kappa shape index (κ2) is 12.5. The highest BCUT2D eigenvalue weighted by Gasteiger charge is 2.27. The molecule has 2 aliphatic rings. The highest BCUT2D eigenvalue weighted by molar-refractivity contribution is 6.35. The average Bonchev–Trinajstić information content (AvgIpc) is 2.83. The van der Waals surface area contributed by atoms with Crippen LogP contribution in [0.1, 0.15) is 69.9 Å². The minimum atomic E-state index is -0.379. The number of carbonyl (C=O) groups excluding carboxylic acids is 1. The van der Waals surface area contributed by atoms with Gasteiger partial charge in [0.25, 0.3) is 0 Å². The fourth-order valence-electron chi connectivity index (χ4n) is 5.66. The van der Waals surface area contributed by atoms with Crippen molar-refractivity contribution in [2.24, 2.45) is 16.6 Å². The van der Waals surface area contributed by atoms with Crippen LogP contribution in [0.15, 0.2) is 47.5 Å². The largest absolute Gasteiger partial charge is 0.370 e. The second-order valence-electron chi connectivity index (χ2n) is 10.8. The fraction of sp³-hybridized carbons (Fsp3) is 0.517. The zero-order valence-corrected chi connectivity index (χ0v) is 23.5. The van der Waals surface area contributed by atoms with Crippen molar-refractivity contribution in [1.29, 1.82) is 0 Å². The van der Waals surface area contributed by atoms with Crippen molar-refractivity contribution < 1.29 is 4.79 Å². The highest BCUT2D eigenvalue weighted by Crippen LogP contribution is 2.35. The molecule has 200 valence electrons. The van der Waals surface area contributed by atoms with Crippen molar-refractivity contribution in [3.63, 3.8) is 0 Å². The molecule has 1 amide bonds. The second-order valence-corrected chi connectivity index (χ2v) is 11.6. The number of carbonyl (C=O) groups is 1. The fourth-order valence-corrected chi connectivity index (χ4v) is 6.20. The number of nitrogens with two attached hydrogens (primary N) is 1. The molecule has 6 nitrogen and oxygen atoms in total. The number of aliphatic imine (C=N–C) groups is 1. The molecule has 3 unspecified atom stereocenters. The van der Waals surface area contributed by atoms with E-state index in [2.05, 4.69) is 36.3 Å². The third-order valence-corrected chi connectivity index (χ3v) is 8.09. The van der Waals surface area contributed by atoms with Crippen LogP contribution in [0.2, 0.25) is 10.0 Å². The van der Waals surface area contributed by atoms with E-state index in [4.69, 9.17) is 33.9 Å². The average molecular weight is 545 g/mol. The lowest BCUT2D eigenvalue weighted by Gasteiger charge is -2.39. The molecule has 8 heteroatoms. The van der Waals surface area contributed by atoms with Crippen LogP contribution in [0.4, 0.5) is 5.69 Å². The van der Waals surface area contributed by atoms with Crippen LogP contribution in [0.3, 0.4) is 0 Å². The number of benzene rings is 2. The van der Waals surface area contributed by atoms with E-state index in [0.29, 0.717) is 34.1 Å². The molecule has 1 aliphatic carbocycles. The molecule has 0 bridgehead atoms. The first kappa shape index (κ1) is 27.7. The van der Waals surface area contributed by atoms with Crippen LogP contribution < -0.4 is 16.4 Å². The Kier molecular flexibility index (Phi) is 9.38. The molecular weight excluding hydrogens is 505 g/mol. The van der Waals surface area contributed by atoms with Crippen LogP contribution in [-0.4, -0.2) is 48.0 Å². The quantitative estimate of drug-likeness (QED) is 0.306. The number of primary amides is 1. The topological polar surface area (TPSA) is 82.8 Å². The summed E-state index contributed by atoms with van der Waals surface area (Å²) >= 11 is 12.6. The van der Waals surface area contributed by atoms with E-state index >= 15 is 0 Å². The number of hydrogen-bond acceptors (Lipinski definition) is 3. The number of hydrogen-bond donors (Lipinski definition) is 3. The summed E-state index contributed by atoms with van der Waals surface area (Å²) < 4.78 is 0. The van der Waals surface area contributed by atoms with Crippen molar-refractivity contribution in [3.05, 3.63) is 63.6 Å². The molecule has 5 atom stereocenters. The molecular formula is C29H39Cl2N5O. The van der Waals surface area contributed by atoms with Gasteiger partial charge in [-0.25, -0.2) is 4.99 Å². The summed E-state index contributed by atoms with van der Waals surface area (Å²) in [7, 11) is 0. The third-order valence-electron chi connectivity index (χ3n) is 7.52. The number of guanidine groups is 1. The number of halogens is 2. The number of piperazine rings is 1. The van der Waals surface area contributed by atoms with E-state index < -0.39 is 0 Å². The van der Waals surface area contributed by atoms with Gasteiger partial charge in [0.2, 0.25) is 5.91 Å². The molecule has 0 spiro atoms. The van der Waals surface area contributed by atoms with Gasteiger partial charge in [0.15, 0.2) is 5.96 Å². The Labute approximate surface area is 231 Å². The van der Waals surface area contributed by atoms with E-state index in [-0.39, 0.29) is 18.2 Å². The maximum Gasteiger partial charge on any atom is 0.218 e. The Morgan fingerprint density at radius 3 is 2.38 bits per heavy atom. The molecule has 1 saturated heterocycles. The predicted molar refractivity (Wildman–Crippen MR) is 155 cm³/mol. The lowest BCUT2D eigenvalue weighted by atomic mass is 9.86. The molecule has 2 aromatic rings. The number of nitrogens with zero attached hydrogens (tertiary/aromatic N) is 2. The molecule has 1 aliphatic heterocycles. The molecule has 2 fully saturated rings. The van der Waals surface area contributed by atoms with E-state index in [1.54, 1.807) is 12.1 Å². The summed E-state index contributed by atoms with van der Waals surface area (Å²) in [6.07, 6.45) is 5.07. The molecule has 1 saturated carbocycles. The first-order valence-electron chi connectivity index (χ1n) is 13.4. The minimum absolute atomic E-state index is 0.164. The first-order valence-corrected chi connectivity index (χ1v) is 14.1. The smallest absolute Gasteiger partial charge is 0.218 e. The van der Waals surface area contributed by atoms with Crippen molar-refractivity contribution >= 4 is 40.8 Å². The van der Waals surface area contributed by atoms with Gasteiger partial charge in [-0.05, 0) is 68.0 Å². The van der Waals surface area contributed by atoms with Crippen molar-refractivity contribution in [2.45, 2.75) is 76.9 Å². The van der Waals surface area contributed by atoms with E-state index in [1.165, 1.54) is 19.3 Å². The lowest BCUT2D eigenvalue weighted by Crippen LogP contribution is -2.57. The zero-order valence-electron chi connectivity index (χ0n) is 22.0. The summed E-state index contributed by atoms with van der Waals surface area (Å²) in [6.45, 7) is 8.58. The summed E-state index contributed by atoms with van der Waals surface area (Å²) in [5.74, 6) is 0.907. The summed E-state index contributed by atoms with van der Waals surface area (Å²) in [5, 5.41) is 8.34. The monoisotopic (exact) mass is 543 g/mol. The molecule has 1 heterocycles. The number of nitrogens with one attached hydrogen (secondary N) is 2. The molecule has 4 N–H and O–H groups in total. The van der Waals surface area contributed by atoms with E-state index in [0.717, 1.165) is 42.3 Å². The Hall–Kier alpha value is -2.28. The Balaban J connectivity index is 1.60. The minimum Gasteiger partial charge on any atom is -0.370 e. The Morgan fingerprint density at radius 2 is 1.76 bits per heavy atom. The van der Waals surface area contributed by atoms with Crippen molar-refractivity contribution in [2.75, 3.05) is 18.4 Å². The van der Waals surface area contributed by atoms with Crippen molar-refractivity contribution in [1.82, 2.24) is 10.2 Å². The maximum absolute atomic E-state index is 11.9. The lowest BCUT2D eigenvalue weighted by molar-refractivity contribution is -0.118. The third kappa shape index (κ3) is 7.40. The summed E-state index contributed by atoms with van der Waals surface area (Å²) in [4.78, 5) is 19.6. The van der Waals surface area contributed by atoms with Gasteiger partial charge < -0.3 is 21.3 Å². The van der Waals surface area contributed by atoms with Gasteiger partial charge in [0, 0.05) is 53.2 Å². The number of rotatable bonds is 6. The van der Waals surface area contributed by atoms with Gasteiger partial charge in [-0.2, -0.15) is 0 Å². The van der Waals surface area contributed by atoms with E-state index in [9.17, 15) is 4.79 Å². The van der Waals surface area contributed by atoms with Crippen LogP contribution in [0.5, 0.6) is 0 Å². The number of amides is 1. The van der Waals surface area contributed by atoms with Gasteiger partial charge in [0.05, 0.1) is 6.04 Å². The molecule has 2 aromatic carbocycles. The Morgan fingerprint density at radius 1 is 1.08 bits per heavy atom. The van der Waals surface area contributed by atoms with Gasteiger partial charge >= 0.3 is 0 Å². The van der Waals surface area contributed by atoms with Gasteiger partial charge in [0.1, 0.15) is 0 Å². The Bertz CT molecular complexity index is 1100. The van der Waals surface area contributed by atoms with E-state index in [1.807, 2.05) is 30.3 Å².